The Kier molecular flexibility index (Phi) is 3.66. The molecule has 0 saturated heterocycles. The van der Waals surface area contributed by atoms with Crippen molar-refractivity contribution in [2.24, 2.45) is 0 Å². The number of H-pyrrole nitrogens is 1. The number of thiazole rings is 1. The first kappa shape index (κ1) is 13.7. The van der Waals surface area contributed by atoms with Crippen molar-refractivity contribution in [3.8, 4) is 0 Å². The lowest BCUT2D eigenvalue weighted by molar-refractivity contribution is 0.585. The zero-order valence-electron chi connectivity index (χ0n) is 11.5. The fraction of sp³-hybridized carbons (Fsp3) is 0.357. The van der Waals surface area contributed by atoms with Gasteiger partial charge in [0.05, 0.1) is 5.01 Å². The number of aromatic amines is 1. The van der Waals surface area contributed by atoms with Gasteiger partial charge in [-0.05, 0) is 19.1 Å². The molecular formula is C14H17N3OS. The van der Waals surface area contributed by atoms with Crippen LogP contribution in [0.5, 0.6) is 0 Å². The molecule has 0 aliphatic carbocycles. The van der Waals surface area contributed by atoms with Crippen LogP contribution in [0.3, 0.4) is 0 Å². The molecule has 0 unspecified atom stereocenters. The Bertz CT molecular complexity index is 662. The van der Waals surface area contributed by atoms with Gasteiger partial charge in [-0.25, -0.2) is 9.97 Å². The highest BCUT2D eigenvalue weighted by Crippen LogP contribution is 2.27. The zero-order valence-corrected chi connectivity index (χ0v) is 12.3. The number of hydrogen-bond acceptors (Lipinski definition) is 4. The molecule has 2 heterocycles. The molecule has 2 rings (SSSR count). The Balaban J connectivity index is 2.23. The van der Waals surface area contributed by atoms with E-state index in [1.54, 1.807) is 24.3 Å². The van der Waals surface area contributed by atoms with E-state index in [1.165, 1.54) is 6.07 Å². The van der Waals surface area contributed by atoms with Crippen LogP contribution in [0.2, 0.25) is 0 Å². The molecule has 0 saturated carbocycles. The summed E-state index contributed by atoms with van der Waals surface area (Å²) >= 11 is 1.65. The minimum atomic E-state index is -0.133. The molecular weight excluding hydrogens is 258 g/mol. The van der Waals surface area contributed by atoms with Crippen molar-refractivity contribution in [1.29, 1.82) is 0 Å². The van der Waals surface area contributed by atoms with Crippen molar-refractivity contribution in [2.45, 2.75) is 33.1 Å². The van der Waals surface area contributed by atoms with E-state index >= 15 is 0 Å². The van der Waals surface area contributed by atoms with Gasteiger partial charge < -0.3 is 4.98 Å². The van der Waals surface area contributed by atoms with Crippen molar-refractivity contribution in [3.63, 3.8) is 0 Å². The fourth-order valence-electron chi connectivity index (χ4n) is 1.55. The molecule has 0 aromatic carbocycles. The Labute approximate surface area is 116 Å². The first-order valence-corrected chi connectivity index (χ1v) is 6.88. The summed E-state index contributed by atoms with van der Waals surface area (Å²) in [5, 5.41) is 1.10. The van der Waals surface area contributed by atoms with Crippen LogP contribution in [0.15, 0.2) is 17.1 Å². The van der Waals surface area contributed by atoms with Gasteiger partial charge in [0, 0.05) is 28.2 Å². The van der Waals surface area contributed by atoms with Gasteiger partial charge in [0.25, 0.3) is 5.56 Å². The van der Waals surface area contributed by atoms with Crippen LogP contribution in [-0.4, -0.2) is 15.0 Å². The molecule has 1 N–H and O–H groups in total. The van der Waals surface area contributed by atoms with E-state index < -0.39 is 0 Å². The smallest absolute Gasteiger partial charge is 0.251 e. The summed E-state index contributed by atoms with van der Waals surface area (Å²) in [7, 11) is 0. The van der Waals surface area contributed by atoms with Crippen molar-refractivity contribution >= 4 is 23.5 Å². The highest BCUT2D eigenvalue weighted by molar-refractivity contribution is 7.12. The monoisotopic (exact) mass is 275 g/mol. The molecule has 0 bridgehead atoms. The molecule has 0 spiro atoms. The summed E-state index contributed by atoms with van der Waals surface area (Å²) in [6.45, 7) is 8.22. The predicted octanol–water partition coefficient (Wildman–Crippen LogP) is 3.00. The van der Waals surface area contributed by atoms with E-state index in [9.17, 15) is 4.79 Å². The van der Waals surface area contributed by atoms with E-state index in [4.69, 9.17) is 0 Å². The lowest BCUT2D eigenvalue weighted by Gasteiger charge is -2.13. The molecule has 2 aromatic rings. The number of nitrogens with one attached hydrogen (secondary N) is 1. The Hall–Kier alpha value is -1.75. The van der Waals surface area contributed by atoms with E-state index in [2.05, 4.69) is 35.7 Å². The Morgan fingerprint density at radius 2 is 2.05 bits per heavy atom. The summed E-state index contributed by atoms with van der Waals surface area (Å²) in [6, 6.07) is 1.47. The first-order valence-electron chi connectivity index (χ1n) is 6.07. The maximum Gasteiger partial charge on any atom is 0.251 e. The van der Waals surface area contributed by atoms with Crippen LogP contribution in [-0.2, 0) is 5.41 Å². The topological polar surface area (TPSA) is 58.6 Å². The second-order valence-electron chi connectivity index (χ2n) is 5.42. The molecule has 4 nitrogen and oxygen atoms in total. The normalized spacial score (nSPS) is 12.2. The van der Waals surface area contributed by atoms with E-state index in [0.717, 1.165) is 9.88 Å². The average Bonchev–Trinajstić information content (AvgIpc) is 2.73. The largest absolute Gasteiger partial charge is 0.307 e. The predicted molar refractivity (Wildman–Crippen MR) is 79.3 cm³/mol. The van der Waals surface area contributed by atoms with Crippen molar-refractivity contribution in [3.05, 3.63) is 44.0 Å². The molecule has 0 aliphatic rings. The number of nitrogens with zero attached hydrogens (tertiary/aromatic N) is 2. The van der Waals surface area contributed by atoms with E-state index in [-0.39, 0.29) is 11.0 Å². The molecule has 2 aromatic heterocycles. The van der Waals surface area contributed by atoms with Gasteiger partial charge in [-0.15, -0.1) is 11.3 Å². The lowest BCUT2D eigenvalue weighted by Crippen LogP contribution is -2.09. The van der Waals surface area contributed by atoms with Crippen molar-refractivity contribution in [1.82, 2.24) is 15.0 Å². The maximum absolute atomic E-state index is 11.3. The van der Waals surface area contributed by atoms with Crippen LogP contribution >= 0.6 is 11.3 Å². The third kappa shape index (κ3) is 3.61. The number of aryl methyl sites for hydroxylation is 1. The minimum Gasteiger partial charge on any atom is -0.307 e. The molecule has 0 amide bonds. The van der Waals surface area contributed by atoms with Gasteiger partial charge in [0.1, 0.15) is 5.82 Å². The maximum atomic E-state index is 11.3. The second kappa shape index (κ2) is 5.09. The molecule has 0 atom stereocenters. The Morgan fingerprint density at radius 3 is 2.63 bits per heavy atom. The lowest BCUT2D eigenvalue weighted by atomic mass is 9.98. The summed E-state index contributed by atoms with van der Waals surface area (Å²) in [5.74, 6) is 0.565. The van der Waals surface area contributed by atoms with Gasteiger partial charge in [0.15, 0.2) is 0 Å². The third-order valence-electron chi connectivity index (χ3n) is 2.46. The van der Waals surface area contributed by atoms with Crippen LogP contribution in [0.1, 0.15) is 42.2 Å². The van der Waals surface area contributed by atoms with Crippen LogP contribution in [0, 0.1) is 6.92 Å². The summed E-state index contributed by atoms with van der Waals surface area (Å²) in [6.07, 6.45) is 5.56. The van der Waals surface area contributed by atoms with E-state index in [0.29, 0.717) is 11.5 Å². The third-order valence-corrected chi connectivity index (χ3v) is 3.85. The standard InChI is InChI=1S/C14H17N3OS/c1-9-7-12(18)17-11(16-9)6-5-10-8-15-13(19-10)14(2,3)4/h5-8H,1-4H3,(H,16,17,18). The Morgan fingerprint density at radius 1 is 1.32 bits per heavy atom. The molecule has 19 heavy (non-hydrogen) atoms. The van der Waals surface area contributed by atoms with Crippen molar-refractivity contribution in [2.75, 3.05) is 0 Å². The molecule has 0 fully saturated rings. The fourth-order valence-corrected chi connectivity index (χ4v) is 2.43. The molecule has 5 heteroatoms. The van der Waals surface area contributed by atoms with Crippen LogP contribution in [0.25, 0.3) is 12.2 Å². The molecule has 100 valence electrons. The molecule has 0 aliphatic heterocycles. The summed E-state index contributed by atoms with van der Waals surface area (Å²) in [5.41, 5.74) is 0.641. The van der Waals surface area contributed by atoms with Crippen molar-refractivity contribution < 1.29 is 0 Å². The molecule has 0 radical (unpaired) electrons. The summed E-state index contributed by atoms with van der Waals surface area (Å²) in [4.78, 5) is 23.7. The second-order valence-corrected chi connectivity index (χ2v) is 6.49. The number of rotatable bonds is 2. The van der Waals surface area contributed by atoms with Gasteiger partial charge in [0.2, 0.25) is 0 Å². The zero-order chi connectivity index (χ0) is 14.0. The minimum absolute atomic E-state index is 0.0622. The highest BCUT2D eigenvalue weighted by Gasteiger charge is 2.17. The van der Waals surface area contributed by atoms with Gasteiger partial charge in [-0.2, -0.15) is 0 Å². The highest BCUT2D eigenvalue weighted by atomic mass is 32.1. The number of aromatic nitrogens is 3. The average molecular weight is 275 g/mol. The number of hydrogen-bond donors (Lipinski definition) is 1. The summed E-state index contributed by atoms with van der Waals surface area (Å²) < 4.78 is 0. The van der Waals surface area contributed by atoms with Crippen LogP contribution in [0.4, 0.5) is 0 Å². The van der Waals surface area contributed by atoms with Gasteiger partial charge in [-0.3, -0.25) is 4.79 Å². The van der Waals surface area contributed by atoms with Crippen LogP contribution < -0.4 is 5.56 Å². The quantitative estimate of drug-likeness (QED) is 0.916. The van der Waals surface area contributed by atoms with Gasteiger partial charge in [-0.1, -0.05) is 20.8 Å². The van der Waals surface area contributed by atoms with E-state index in [1.807, 2.05) is 12.3 Å². The SMILES string of the molecule is Cc1cc(=O)[nH]c(C=Cc2cnc(C(C)(C)C)s2)n1. The van der Waals surface area contributed by atoms with Gasteiger partial charge >= 0.3 is 0 Å². The first-order chi connectivity index (χ1) is 8.84.